The number of aromatic nitrogens is 1. The number of hydrogen-bond acceptors (Lipinski definition) is 4. The van der Waals surface area contributed by atoms with Crippen LogP contribution in [0.15, 0.2) is 0 Å². The van der Waals surface area contributed by atoms with Crippen molar-refractivity contribution in [3.05, 3.63) is 15.6 Å². The first-order valence-corrected chi connectivity index (χ1v) is 6.26. The molecule has 0 aliphatic heterocycles. The van der Waals surface area contributed by atoms with E-state index in [9.17, 15) is 9.59 Å². The molecule has 0 atom stereocenters. The number of carbonyl (C=O) groups is 2. The van der Waals surface area contributed by atoms with E-state index in [1.807, 2.05) is 13.8 Å². The molecule has 0 bridgehead atoms. The van der Waals surface area contributed by atoms with Gasteiger partial charge < -0.3 is 10.4 Å². The lowest BCUT2D eigenvalue weighted by molar-refractivity contribution is -0.148. The average molecular weight is 254 g/mol. The molecule has 0 unspecified atom stereocenters. The zero-order valence-electron chi connectivity index (χ0n) is 9.74. The summed E-state index contributed by atoms with van der Waals surface area (Å²) in [5.41, 5.74) is -0.721. The van der Waals surface area contributed by atoms with Gasteiger partial charge in [-0.25, -0.2) is 9.78 Å². The van der Waals surface area contributed by atoms with Gasteiger partial charge in [-0.05, 0) is 33.1 Å². The summed E-state index contributed by atoms with van der Waals surface area (Å²) in [6.07, 6.45) is 1.83. The number of carboxylic acid groups (broad SMARTS) is 1. The second kappa shape index (κ2) is 4.10. The van der Waals surface area contributed by atoms with Gasteiger partial charge in [0.15, 0.2) is 0 Å². The van der Waals surface area contributed by atoms with E-state index < -0.39 is 11.5 Å². The molecule has 0 spiro atoms. The van der Waals surface area contributed by atoms with Crippen LogP contribution in [0.2, 0.25) is 0 Å². The number of aliphatic carboxylic acids is 1. The standard InChI is InChI=1S/C11H14N2O3S/c1-6-8(12-7(2)17-6)9(14)13-11(10(15)16)4-3-5-11/h3-5H2,1-2H3,(H,13,14)(H,15,16). The highest BCUT2D eigenvalue weighted by atomic mass is 32.1. The summed E-state index contributed by atoms with van der Waals surface area (Å²) >= 11 is 1.44. The smallest absolute Gasteiger partial charge is 0.329 e. The molecule has 0 radical (unpaired) electrons. The van der Waals surface area contributed by atoms with E-state index in [1.54, 1.807) is 0 Å². The molecule has 6 heteroatoms. The number of rotatable bonds is 3. The van der Waals surface area contributed by atoms with Crippen LogP contribution in [0.4, 0.5) is 0 Å². The van der Waals surface area contributed by atoms with Crippen LogP contribution in [0, 0.1) is 13.8 Å². The number of carboxylic acids is 1. The first kappa shape index (κ1) is 12.0. The monoisotopic (exact) mass is 254 g/mol. The van der Waals surface area contributed by atoms with Gasteiger partial charge in [-0.3, -0.25) is 4.79 Å². The Bertz CT molecular complexity index is 477. The van der Waals surface area contributed by atoms with E-state index in [2.05, 4.69) is 10.3 Å². The fourth-order valence-electron chi connectivity index (χ4n) is 1.94. The van der Waals surface area contributed by atoms with Crippen LogP contribution in [0.1, 0.15) is 39.6 Å². The average Bonchev–Trinajstić information content (AvgIpc) is 2.50. The highest BCUT2D eigenvalue weighted by molar-refractivity contribution is 7.11. The summed E-state index contributed by atoms with van der Waals surface area (Å²) in [6.45, 7) is 3.64. The van der Waals surface area contributed by atoms with Crippen molar-refractivity contribution in [2.75, 3.05) is 0 Å². The molecule has 0 saturated heterocycles. The molecule has 1 aliphatic carbocycles. The second-order valence-corrected chi connectivity index (χ2v) is 5.74. The molecular formula is C11H14N2O3S. The summed E-state index contributed by atoms with van der Waals surface area (Å²) in [7, 11) is 0. The Labute approximate surface area is 103 Å². The summed E-state index contributed by atoms with van der Waals surface area (Å²) in [5, 5.41) is 12.5. The number of aryl methyl sites for hydroxylation is 2. The van der Waals surface area contributed by atoms with Gasteiger partial charge in [0.05, 0.1) is 5.01 Å². The number of nitrogens with one attached hydrogen (secondary N) is 1. The highest BCUT2D eigenvalue weighted by Crippen LogP contribution is 2.32. The minimum Gasteiger partial charge on any atom is -0.480 e. The van der Waals surface area contributed by atoms with E-state index in [4.69, 9.17) is 5.11 Å². The summed E-state index contributed by atoms with van der Waals surface area (Å²) in [5.74, 6) is -1.34. The van der Waals surface area contributed by atoms with Crippen molar-refractivity contribution < 1.29 is 14.7 Å². The Morgan fingerprint density at radius 3 is 2.41 bits per heavy atom. The molecule has 2 N–H and O–H groups in total. The van der Waals surface area contributed by atoms with E-state index >= 15 is 0 Å². The SMILES string of the molecule is Cc1nc(C(=O)NC2(C(=O)O)CCC2)c(C)s1. The van der Waals surface area contributed by atoms with Crippen LogP contribution in [0.3, 0.4) is 0 Å². The van der Waals surface area contributed by atoms with Crippen LogP contribution in [0.25, 0.3) is 0 Å². The van der Waals surface area contributed by atoms with Crippen LogP contribution >= 0.6 is 11.3 Å². The van der Waals surface area contributed by atoms with Gasteiger partial charge in [0.2, 0.25) is 0 Å². The molecule has 0 aromatic carbocycles. The van der Waals surface area contributed by atoms with Gasteiger partial charge in [-0.1, -0.05) is 0 Å². The highest BCUT2D eigenvalue weighted by Gasteiger charge is 2.46. The Balaban J connectivity index is 2.17. The van der Waals surface area contributed by atoms with Crippen molar-refractivity contribution in [2.24, 2.45) is 0 Å². The lowest BCUT2D eigenvalue weighted by Gasteiger charge is -2.38. The molecule has 92 valence electrons. The van der Waals surface area contributed by atoms with Crippen molar-refractivity contribution in [2.45, 2.75) is 38.6 Å². The zero-order chi connectivity index (χ0) is 12.6. The summed E-state index contributed by atoms with van der Waals surface area (Å²) < 4.78 is 0. The molecule has 17 heavy (non-hydrogen) atoms. The maximum Gasteiger partial charge on any atom is 0.329 e. The number of thiazole rings is 1. The molecule has 1 amide bonds. The molecule has 1 heterocycles. The maximum absolute atomic E-state index is 12.0. The van der Waals surface area contributed by atoms with Crippen molar-refractivity contribution in [3.8, 4) is 0 Å². The zero-order valence-corrected chi connectivity index (χ0v) is 10.6. The number of hydrogen-bond donors (Lipinski definition) is 2. The van der Waals surface area contributed by atoms with Gasteiger partial charge in [-0.2, -0.15) is 0 Å². The Morgan fingerprint density at radius 2 is 2.06 bits per heavy atom. The molecular weight excluding hydrogens is 240 g/mol. The molecule has 1 aliphatic rings. The van der Waals surface area contributed by atoms with Crippen molar-refractivity contribution in [3.63, 3.8) is 0 Å². The van der Waals surface area contributed by atoms with Gasteiger partial charge >= 0.3 is 5.97 Å². The van der Waals surface area contributed by atoms with Gasteiger partial charge in [-0.15, -0.1) is 11.3 Å². The quantitative estimate of drug-likeness (QED) is 0.856. The third kappa shape index (κ3) is 2.04. The molecule has 5 nitrogen and oxygen atoms in total. The van der Waals surface area contributed by atoms with E-state index in [1.165, 1.54) is 11.3 Å². The molecule has 1 aromatic heterocycles. The van der Waals surface area contributed by atoms with E-state index in [0.29, 0.717) is 18.5 Å². The lowest BCUT2D eigenvalue weighted by atomic mass is 9.76. The number of carbonyl (C=O) groups excluding carboxylic acids is 1. The maximum atomic E-state index is 12.0. The van der Waals surface area contributed by atoms with Crippen molar-refractivity contribution in [1.82, 2.24) is 10.3 Å². The molecule has 1 aromatic rings. The Kier molecular flexibility index (Phi) is 2.91. The summed E-state index contributed by atoms with van der Waals surface area (Å²) in [6, 6.07) is 0. The largest absolute Gasteiger partial charge is 0.480 e. The predicted octanol–water partition coefficient (Wildman–Crippen LogP) is 1.50. The lowest BCUT2D eigenvalue weighted by Crippen LogP contribution is -2.59. The van der Waals surface area contributed by atoms with E-state index in [-0.39, 0.29) is 5.91 Å². The van der Waals surface area contributed by atoms with Gasteiger partial charge in [0.25, 0.3) is 5.91 Å². The van der Waals surface area contributed by atoms with Crippen LogP contribution < -0.4 is 5.32 Å². The van der Waals surface area contributed by atoms with Crippen LogP contribution in [-0.4, -0.2) is 27.5 Å². The summed E-state index contributed by atoms with van der Waals surface area (Å²) in [4.78, 5) is 28.0. The second-order valence-electron chi connectivity index (χ2n) is 4.33. The third-order valence-corrected chi connectivity index (χ3v) is 3.97. The normalized spacial score (nSPS) is 17.3. The Morgan fingerprint density at radius 1 is 1.41 bits per heavy atom. The fraction of sp³-hybridized carbons (Fsp3) is 0.545. The van der Waals surface area contributed by atoms with E-state index in [0.717, 1.165) is 16.3 Å². The minimum absolute atomic E-state index is 0.347. The van der Waals surface area contributed by atoms with Gasteiger partial charge in [0, 0.05) is 4.88 Å². The van der Waals surface area contributed by atoms with Gasteiger partial charge in [0.1, 0.15) is 11.2 Å². The minimum atomic E-state index is -1.07. The molecule has 1 fully saturated rings. The van der Waals surface area contributed by atoms with Crippen molar-refractivity contribution >= 4 is 23.2 Å². The third-order valence-electron chi connectivity index (χ3n) is 3.09. The topological polar surface area (TPSA) is 79.3 Å². The van der Waals surface area contributed by atoms with Crippen molar-refractivity contribution in [1.29, 1.82) is 0 Å². The number of nitrogens with zero attached hydrogens (tertiary/aromatic N) is 1. The first-order chi connectivity index (χ1) is 7.94. The fourth-order valence-corrected chi connectivity index (χ4v) is 2.75. The molecule has 2 rings (SSSR count). The Hall–Kier alpha value is -1.43. The van der Waals surface area contributed by atoms with Crippen LogP contribution in [-0.2, 0) is 4.79 Å². The predicted molar refractivity (Wildman–Crippen MR) is 63.3 cm³/mol. The first-order valence-electron chi connectivity index (χ1n) is 5.44. The van der Waals surface area contributed by atoms with Crippen LogP contribution in [0.5, 0.6) is 0 Å². The molecule has 1 saturated carbocycles. The number of amides is 1.